The number of aromatic nitrogens is 1. The van der Waals surface area contributed by atoms with E-state index in [0.29, 0.717) is 11.6 Å². The molecule has 0 aliphatic rings. The maximum absolute atomic E-state index is 12.5. The molecule has 0 fully saturated rings. The Labute approximate surface area is 164 Å². The van der Waals surface area contributed by atoms with Crippen LogP contribution in [0.5, 0.6) is 5.75 Å². The Morgan fingerprint density at radius 1 is 1.11 bits per heavy atom. The Morgan fingerprint density at radius 3 is 2.48 bits per heavy atom. The van der Waals surface area contributed by atoms with E-state index in [9.17, 15) is 4.79 Å². The van der Waals surface area contributed by atoms with Gasteiger partial charge in [0.15, 0.2) is 5.13 Å². The van der Waals surface area contributed by atoms with Crippen molar-refractivity contribution >= 4 is 22.4 Å². The second-order valence-electron chi connectivity index (χ2n) is 6.71. The van der Waals surface area contributed by atoms with Crippen molar-refractivity contribution in [3.63, 3.8) is 0 Å². The highest BCUT2D eigenvalue weighted by molar-refractivity contribution is 7.13. The van der Waals surface area contributed by atoms with Crippen LogP contribution in [0, 0.1) is 0 Å². The number of amides is 1. The molecule has 3 aromatic rings. The van der Waals surface area contributed by atoms with E-state index in [1.807, 2.05) is 49.6 Å². The molecule has 0 unspecified atom stereocenters. The van der Waals surface area contributed by atoms with Crippen molar-refractivity contribution in [3.8, 4) is 5.75 Å². The highest BCUT2D eigenvalue weighted by atomic mass is 32.1. The molecule has 1 heterocycles. The van der Waals surface area contributed by atoms with Crippen LogP contribution in [-0.4, -0.2) is 17.0 Å². The number of anilines is 1. The molecule has 1 amide bonds. The average molecular weight is 381 g/mol. The first-order valence-electron chi connectivity index (χ1n) is 9.10. The Balaban J connectivity index is 1.75. The Hall–Kier alpha value is -2.66. The van der Waals surface area contributed by atoms with Crippen LogP contribution in [0.4, 0.5) is 5.13 Å². The maximum Gasteiger partial charge on any atom is 0.226 e. The number of thiazole rings is 1. The number of nitrogens with zero attached hydrogens (tertiary/aromatic N) is 1. The summed E-state index contributed by atoms with van der Waals surface area (Å²) in [5, 5.41) is 5.38. The van der Waals surface area contributed by atoms with Gasteiger partial charge in [-0.25, -0.2) is 4.98 Å². The van der Waals surface area contributed by atoms with Gasteiger partial charge in [0.25, 0.3) is 0 Å². The number of ether oxygens (including phenoxy) is 1. The fourth-order valence-corrected chi connectivity index (χ4v) is 3.52. The second-order valence-corrected chi connectivity index (χ2v) is 7.61. The molecule has 140 valence electrons. The third-order valence-corrected chi connectivity index (χ3v) is 4.85. The van der Waals surface area contributed by atoms with Crippen LogP contribution in [0.15, 0.2) is 66.2 Å². The van der Waals surface area contributed by atoms with Crippen molar-refractivity contribution in [1.29, 1.82) is 0 Å². The summed E-state index contributed by atoms with van der Waals surface area (Å²) in [6, 6.07) is 18.3. The fraction of sp³-hybridized carbons (Fsp3) is 0.273. The molecule has 0 bridgehead atoms. The summed E-state index contributed by atoms with van der Waals surface area (Å²) in [4.78, 5) is 16.7. The highest BCUT2D eigenvalue weighted by Crippen LogP contribution is 2.27. The molecule has 2 aromatic carbocycles. The van der Waals surface area contributed by atoms with Crippen LogP contribution in [-0.2, 0) is 11.2 Å². The van der Waals surface area contributed by atoms with Crippen LogP contribution in [0.25, 0.3) is 0 Å². The van der Waals surface area contributed by atoms with Crippen LogP contribution in [0.2, 0.25) is 0 Å². The molecule has 1 N–H and O–H groups in total. The van der Waals surface area contributed by atoms with E-state index in [1.54, 1.807) is 6.20 Å². The maximum atomic E-state index is 12.5. The van der Waals surface area contributed by atoms with Gasteiger partial charge >= 0.3 is 0 Å². The second kappa shape index (κ2) is 9.33. The number of carbonyl (C=O) groups excluding carboxylic acids is 1. The number of rotatable bonds is 8. The molecule has 0 saturated heterocycles. The van der Waals surface area contributed by atoms with Crippen molar-refractivity contribution in [2.75, 3.05) is 5.32 Å². The van der Waals surface area contributed by atoms with Gasteiger partial charge < -0.3 is 10.1 Å². The van der Waals surface area contributed by atoms with E-state index in [1.165, 1.54) is 16.9 Å². The highest BCUT2D eigenvalue weighted by Gasteiger charge is 2.18. The number of benzene rings is 2. The van der Waals surface area contributed by atoms with Crippen molar-refractivity contribution in [3.05, 3.63) is 77.3 Å². The van der Waals surface area contributed by atoms with Crippen molar-refractivity contribution in [1.82, 2.24) is 4.98 Å². The lowest BCUT2D eigenvalue weighted by molar-refractivity contribution is -0.116. The molecule has 0 saturated carbocycles. The Morgan fingerprint density at radius 2 is 1.85 bits per heavy atom. The van der Waals surface area contributed by atoms with E-state index >= 15 is 0 Å². The van der Waals surface area contributed by atoms with E-state index < -0.39 is 0 Å². The largest absolute Gasteiger partial charge is 0.491 e. The van der Waals surface area contributed by atoms with Gasteiger partial charge in [-0.2, -0.15) is 0 Å². The van der Waals surface area contributed by atoms with E-state index in [-0.39, 0.29) is 17.9 Å². The monoisotopic (exact) mass is 380 g/mol. The molecule has 3 rings (SSSR count). The van der Waals surface area contributed by atoms with Gasteiger partial charge in [0.1, 0.15) is 5.75 Å². The van der Waals surface area contributed by atoms with E-state index in [4.69, 9.17) is 4.74 Å². The molecular weight excluding hydrogens is 356 g/mol. The number of carbonyl (C=O) groups is 1. The summed E-state index contributed by atoms with van der Waals surface area (Å²) in [6.45, 7) is 4.02. The zero-order valence-electron chi connectivity index (χ0n) is 15.6. The topological polar surface area (TPSA) is 51.2 Å². The van der Waals surface area contributed by atoms with E-state index in [0.717, 1.165) is 17.7 Å². The smallest absolute Gasteiger partial charge is 0.226 e. The van der Waals surface area contributed by atoms with Crippen LogP contribution < -0.4 is 10.1 Å². The van der Waals surface area contributed by atoms with Crippen LogP contribution in [0.3, 0.4) is 0 Å². The molecule has 27 heavy (non-hydrogen) atoms. The lowest BCUT2D eigenvalue weighted by atomic mass is 9.89. The normalized spacial score (nSPS) is 12.0. The quantitative estimate of drug-likeness (QED) is 0.578. The first kappa shape index (κ1) is 19.1. The lowest BCUT2D eigenvalue weighted by Crippen LogP contribution is -2.17. The van der Waals surface area contributed by atoms with Gasteiger partial charge in [-0.3, -0.25) is 4.79 Å². The van der Waals surface area contributed by atoms with Crippen LogP contribution >= 0.6 is 11.3 Å². The van der Waals surface area contributed by atoms with Gasteiger partial charge in [0.2, 0.25) is 5.91 Å². The predicted molar refractivity (Wildman–Crippen MR) is 110 cm³/mol. The predicted octanol–water partition coefficient (Wildman–Crippen LogP) is 5.29. The van der Waals surface area contributed by atoms with Crippen LogP contribution in [0.1, 0.15) is 37.3 Å². The first-order chi connectivity index (χ1) is 13.1. The third kappa shape index (κ3) is 5.93. The average Bonchev–Trinajstić information content (AvgIpc) is 3.15. The summed E-state index contributed by atoms with van der Waals surface area (Å²) >= 11 is 1.43. The summed E-state index contributed by atoms with van der Waals surface area (Å²) < 4.78 is 5.73. The lowest BCUT2D eigenvalue weighted by Gasteiger charge is -2.18. The van der Waals surface area contributed by atoms with Gasteiger partial charge in [-0.05, 0) is 49.4 Å². The van der Waals surface area contributed by atoms with Gasteiger partial charge in [-0.1, -0.05) is 42.5 Å². The molecule has 1 aromatic heterocycles. The number of hydrogen-bond donors (Lipinski definition) is 1. The molecule has 0 aliphatic heterocycles. The molecular formula is C22H24N2O2S. The third-order valence-electron chi connectivity index (χ3n) is 4.16. The molecule has 5 heteroatoms. The molecule has 0 spiro atoms. The Kier molecular flexibility index (Phi) is 6.60. The van der Waals surface area contributed by atoms with Gasteiger partial charge in [0.05, 0.1) is 6.10 Å². The minimum Gasteiger partial charge on any atom is -0.491 e. The summed E-state index contributed by atoms with van der Waals surface area (Å²) in [6.07, 6.45) is 3.03. The van der Waals surface area contributed by atoms with E-state index in [2.05, 4.69) is 34.6 Å². The van der Waals surface area contributed by atoms with Crippen molar-refractivity contribution in [2.45, 2.75) is 38.7 Å². The minimum atomic E-state index is -0.0200. The van der Waals surface area contributed by atoms with Gasteiger partial charge in [-0.15, -0.1) is 11.3 Å². The minimum absolute atomic E-state index is 0.0200. The molecule has 0 radical (unpaired) electrons. The Bertz CT molecular complexity index is 831. The van der Waals surface area contributed by atoms with Crippen molar-refractivity contribution < 1.29 is 9.53 Å². The van der Waals surface area contributed by atoms with Gasteiger partial charge in [0, 0.05) is 18.0 Å². The first-order valence-corrected chi connectivity index (χ1v) is 9.98. The zero-order chi connectivity index (χ0) is 19.1. The fourth-order valence-electron chi connectivity index (χ4n) is 2.98. The zero-order valence-corrected chi connectivity index (χ0v) is 16.4. The summed E-state index contributed by atoms with van der Waals surface area (Å²) in [5.74, 6) is 0.910. The number of nitrogens with one attached hydrogen (secondary N) is 1. The SMILES string of the molecule is CC(C)Oc1ccc([C@@H](CC(=O)Nc2nccs2)Cc2ccccc2)cc1. The summed E-state index contributed by atoms with van der Waals surface area (Å²) in [5.41, 5.74) is 2.34. The standard InChI is InChI=1S/C22H24N2O2S/c1-16(2)26-20-10-8-18(9-11-20)19(14-17-6-4-3-5-7-17)15-21(25)24-22-23-12-13-27-22/h3-13,16,19H,14-15H2,1-2H3,(H,23,24,25)/t19-/m1/s1. The number of hydrogen-bond acceptors (Lipinski definition) is 4. The summed E-state index contributed by atoms with van der Waals surface area (Å²) in [7, 11) is 0. The molecule has 1 atom stereocenters. The van der Waals surface area contributed by atoms with Crippen molar-refractivity contribution in [2.24, 2.45) is 0 Å². The molecule has 4 nitrogen and oxygen atoms in total. The molecule has 0 aliphatic carbocycles.